The summed E-state index contributed by atoms with van der Waals surface area (Å²) < 4.78 is 0. The second kappa shape index (κ2) is 5.54. The molecule has 6 nitrogen and oxygen atoms in total. The van der Waals surface area contributed by atoms with Gasteiger partial charge in [-0.1, -0.05) is 23.4 Å². The average Bonchev–Trinajstić information content (AvgIpc) is 2.70. The molecule has 3 rings (SSSR count). The normalized spacial score (nSPS) is 12.7. The fraction of sp³-hybridized carbons (Fsp3) is 0.0667. The molecule has 0 bridgehead atoms. The molecule has 21 heavy (non-hydrogen) atoms. The van der Waals surface area contributed by atoms with Crippen molar-refractivity contribution in [1.29, 1.82) is 0 Å². The molecule has 2 aromatic rings. The molecular weight excluding hydrogens is 266 g/mol. The summed E-state index contributed by atoms with van der Waals surface area (Å²) in [6, 6.07) is 9.49. The van der Waals surface area contributed by atoms with Gasteiger partial charge in [0.1, 0.15) is 0 Å². The van der Waals surface area contributed by atoms with E-state index in [1.165, 1.54) is 6.92 Å². The Balaban J connectivity index is 1.98. The predicted molar refractivity (Wildman–Crippen MR) is 81.0 cm³/mol. The second-order valence-corrected chi connectivity index (χ2v) is 4.48. The van der Waals surface area contributed by atoms with Crippen LogP contribution in [0.15, 0.2) is 59.3 Å². The summed E-state index contributed by atoms with van der Waals surface area (Å²) in [5.41, 5.74) is 3.07. The van der Waals surface area contributed by atoms with E-state index in [1.807, 2.05) is 30.3 Å². The molecule has 0 atom stereocenters. The van der Waals surface area contributed by atoms with Crippen LogP contribution in [0.5, 0.6) is 0 Å². The van der Waals surface area contributed by atoms with Gasteiger partial charge in [0.25, 0.3) is 0 Å². The summed E-state index contributed by atoms with van der Waals surface area (Å²) in [6.45, 7) is 1.45. The zero-order valence-electron chi connectivity index (χ0n) is 11.4. The van der Waals surface area contributed by atoms with E-state index in [1.54, 1.807) is 29.7 Å². The second-order valence-electron chi connectivity index (χ2n) is 4.48. The highest BCUT2D eigenvalue weighted by Crippen LogP contribution is 2.30. The molecule has 0 saturated heterocycles. The Labute approximate surface area is 121 Å². The van der Waals surface area contributed by atoms with Gasteiger partial charge in [0.2, 0.25) is 5.91 Å². The van der Waals surface area contributed by atoms with E-state index in [4.69, 9.17) is 0 Å². The maximum atomic E-state index is 11.3. The third-order valence-electron chi connectivity index (χ3n) is 2.94. The third-order valence-corrected chi connectivity index (χ3v) is 2.94. The van der Waals surface area contributed by atoms with E-state index in [0.717, 1.165) is 11.3 Å². The van der Waals surface area contributed by atoms with Gasteiger partial charge in [-0.25, -0.2) is 5.01 Å². The van der Waals surface area contributed by atoms with Crippen molar-refractivity contribution in [3.63, 3.8) is 0 Å². The maximum Gasteiger partial charge on any atom is 0.221 e. The van der Waals surface area contributed by atoms with Crippen LogP contribution in [0.2, 0.25) is 0 Å². The summed E-state index contributed by atoms with van der Waals surface area (Å²) in [6.07, 6.45) is 6.95. The van der Waals surface area contributed by atoms with Gasteiger partial charge in [-0.2, -0.15) is 0 Å². The standard InChI is InChI=1S/C15H13N5O/c1-11(21)17-14-10-16-8-6-15(14)20-9-7-12-4-2-3-5-13(12)18-19-20/h2-10H,1H3,(H,17,21). The number of nitrogens with zero attached hydrogens (tertiary/aromatic N) is 4. The van der Waals surface area contributed by atoms with E-state index in [9.17, 15) is 4.79 Å². The Hall–Kier alpha value is -3.02. The number of fused-ring (bicyclic) bond motifs is 1. The number of hydrogen-bond acceptors (Lipinski definition) is 5. The van der Waals surface area contributed by atoms with Gasteiger partial charge >= 0.3 is 0 Å². The first kappa shape index (κ1) is 13.0. The third kappa shape index (κ3) is 2.79. The van der Waals surface area contributed by atoms with Gasteiger partial charge < -0.3 is 5.32 Å². The van der Waals surface area contributed by atoms with E-state index in [2.05, 4.69) is 20.6 Å². The summed E-state index contributed by atoms with van der Waals surface area (Å²) in [7, 11) is 0. The van der Waals surface area contributed by atoms with Gasteiger partial charge in [-0.15, -0.1) is 5.11 Å². The minimum atomic E-state index is -0.164. The van der Waals surface area contributed by atoms with Crippen molar-refractivity contribution in [2.45, 2.75) is 6.92 Å². The number of nitrogens with one attached hydrogen (secondary N) is 1. The van der Waals surface area contributed by atoms with Crippen molar-refractivity contribution in [2.75, 3.05) is 10.3 Å². The molecule has 1 aromatic carbocycles. The maximum absolute atomic E-state index is 11.3. The number of amides is 1. The Morgan fingerprint density at radius 2 is 2.10 bits per heavy atom. The number of anilines is 2. The molecule has 0 fully saturated rings. The number of hydrogen-bond donors (Lipinski definition) is 1. The highest BCUT2D eigenvalue weighted by molar-refractivity contribution is 5.92. The summed E-state index contributed by atoms with van der Waals surface area (Å²) in [5.74, 6) is -0.164. The lowest BCUT2D eigenvalue weighted by Gasteiger charge is -2.15. The Morgan fingerprint density at radius 1 is 1.24 bits per heavy atom. The van der Waals surface area contributed by atoms with Crippen LogP contribution in [-0.2, 0) is 4.79 Å². The lowest BCUT2D eigenvalue weighted by molar-refractivity contribution is -0.114. The SMILES string of the molecule is CC(=O)Nc1cnccc1N1C=Cc2ccccc2N=N1. The van der Waals surface area contributed by atoms with E-state index in [0.29, 0.717) is 11.4 Å². The molecule has 0 spiro atoms. The van der Waals surface area contributed by atoms with Crippen LogP contribution in [0.25, 0.3) is 6.08 Å². The number of pyridine rings is 1. The van der Waals surface area contributed by atoms with Crippen LogP contribution < -0.4 is 10.3 Å². The fourth-order valence-electron chi connectivity index (χ4n) is 2.00. The molecule has 0 unspecified atom stereocenters. The Kier molecular flexibility index (Phi) is 3.42. The monoisotopic (exact) mass is 279 g/mol. The summed E-state index contributed by atoms with van der Waals surface area (Å²) >= 11 is 0. The van der Waals surface area contributed by atoms with E-state index < -0.39 is 0 Å². The largest absolute Gasteiger partial charge is 0.323 e. The van der Waals surface area contributed by atoms with Crippen molar-refractivity contribution in [3.05, 3.63) is 54.5 Å². The van der Waals surface area contributed by atoms with E-state index >= 15 is 0 Å². The molecule has 6 heteroatoms. The van der Waals surface area contributed by atoms with Crippen LogP contribution in [-0.4, -0.2) is 10.9 Å². The topological polar surface area (TPSA) is 70.0 Å². The summed E-state index contributed by atoms with van der Waals surface area (Å²) in [4.78, 5) is 15.3. The number of carbonyl (C=O) groups excluding carboxylic acids is 1. The predicted octanol–water partition coefficient (Wildman–Crippen LogP) is 3.53. The first-order chi connectivity index (χ1) is 10.2. The van der Waals surface area contributed by atoms with Gasteiger partial charge in [-0.05, 0) is 18.2 Å². The van der Waals surface area contributed by atoms with Crippen LogP contribution in [0.3, 0.4) is 0 Å². The molecule has 104 valence electrons. The van der Waals surface area contributed by atoms with Crippen molar-refractivity contribution < 1.29 is 4.79 Å². The lowest BCUT2D eigenvalue weighted by Crippen LogP contribution is -2.13. The minimum absolute atomic E-state index is 0.164. The zero-order valence-corrected chi connectivity index (χ0v) is 11.4. The number of carbonyl (C=O) groups is 1. The highest BCUT2D eigenvalue weighted by Gasteiger charge is 2.12. The van der Waals surface area contributed by atoms with Crippen molar-refractivity contribution >= 4 is 29.0 Å². The molecule has 2 heterocycles. The first-order valence-corrected chi connectivity index (χ1v) is 6.44. The summed E-state index contributed by atoms with van der Waals surface area (Å²) in [5, 5.41) is 12.8. The molecule has 1 aliphatic heterocycles. The molecule has 0 radical (unpaired) electrons. The first-order valence-electron chi connectivity index (χ1n) is 6.44. The number of aromatic nitrogens is 1. The van der Waals surface area contributed by atoms with Gasteiger partial charge in [-0.3, -0.25) is 9.78 Å². The fourth-order valence-corrected chi connectivity index (χ4v) is 2.00. The van der Waals surface area contributed by atoms with Gasteiger partial charge in [0.05, 0.1) is 23.3 Å². The average molecular weight is 279 g/mol. The zero-order chi connectivity index (χ0) is 14.7. The minimum Gasteiger partial charge on any atom is -0.323 e. The van der Waals surface area contributed by atoms with Crippen molar-refractivity contribution in [3.8, 4) is 0 Å². The number of rotatable bonds is 2. The molecule has 1 N–H and O–H groups in total. The van der Waals surface area contributed by atoms with E-state index in [-0.39, 0.29) is 5.91 Å². The molecule has 1 aliphatic rings. The quantitative estimate of drug-likeness (QED) is 0.914. The Bertz CT molecular complexity index is 705. The lowest BCUT2D eigenvalue weighted by atomic mass is 10.2. The van der Waals surface area contributed by atoms with Gasteiger partial charge in [0, 0.05) is 24.9 Å². The molecular formula is C15H13N5O. The Morgan fingerprint density at radius 3 is 2.95 bits per heavy atom. The highest BCUT2D eigenvalue weighted by atomic mass is 16.1. The molecule has 1 aromatic heterocycles. The van der Waals surface area contributed by atoms with Crippen LogP contribution in [0.4, 0.5) is 17.1 Å². The number of benzene rings is 1. The van der Waals surface area contributed by atoms with Crippen LogP contribution >= 0.6 is 0 Å². The van der Waals surface area contributed by atoms with Crippen molar-refractivity contribution in [2.24, 2.45) is 10.3 Å². The molecule has 0 aliphatic carbocycles. The van der Waals surface area contributed by atoms with Crippen LogP contribution in [0.1, 0.15) is 12.5 Å². The smallest absolute Gasteiger partial charge is 0.221 e. The molecule has 1 amide bonds. The van der Waals surface area contributed by atoms with Crippen LogP contribution in [0, 0.1) is 0 Å². The van der Waals surface area contributed by atoms with Crippen molar-refractivity contribution in [1.82, 2.24) is 4.98 Å². The van der Waals surface area contributed by atoms with Gasteiger partial charge in [0.15, 0.2) is 0 Å². The molecule has 0 saturated carbocycles.